The normalized spacial score (nSPS) is 14.3. The smallest absolute Gasteiger partial charge is 0.336 e. The molecule has 0 saturated heterocycles. The number of rotatable bonds is 9. The molecule has 2 atom stereocenters. The zero-order valence-electron chi connectivity index (χ0n) is 20.1. The molecule has 208 valence electrons. The predicted molar refractivity (Wildman–Crippen MR) is 137 cm³/mol. The second kappa shape index (κ2) is 12.5. The van der Waals surface area contributed by atoms with Crippen LogP contribution in [0.2, 0.25) is 20.1 Å². The molecule has 2 rings (SSSR count). The molecule has 1 unspecified atom stereocenters. The van der Waals surface area contributed by atoms with Gasteiger partial charge in [-0.1, -0.05) is 59.4 Å². The molecule has 2 aromatic rings. The number of carbonyl (C=O) groups excluding carboxylic acids is 2. The maximum Gasteiger partial charge on any atom is 0.406 e. The Bertz CT molecular complexity index is 1220. The maximum absolute atomic E-state index is 15.1. The van der Waals surface area contributed by atoms with Crippen molar-refractivity contribution in [1.82, 2.24) is 4.90 Å². The molecule has 38 heavy (non-hydrogen) atoms. The van der Waals surface area contributed by atoms with E-state index in [-0.39, 0.29) is 36.8 Å². The average molecular weight is 623 g/mol. The van der Waals surface area contributed by atoms with Crippen LogP contribution in [-0.4, -0.2) is 42.3 Å². The van der Waals surface area contributed by atoms with Crippen LogP contribution in [0.15, 0.2) is 36.4 Å². The van der Waals surface area contributed by atoms with E-state index >= 15 is 4.39 Å². The molecule has 1 amide bonds. The molecule has 0 fully saturated rings. The molecule has 0 aliphatic heterocycles. The Hall–Kier alpha value is -1.94. The van der Waals surface area contributed by atoms with Crippen LogP contribution in [0.4, 0.5) is 26.3 Å². The van der Waals surface area contributed by atoms with Crippen molar-refractivity contribution in [1.29, 1.82) is 0 Å². The highest BCUT2D eigenvalue weighted by molar-refractivity contribution is 6.48. The molecule has 0 radical (unpaired) electrons. The van der Waals surface area contributed by atoms with Crippen molar-refractivity contribution in [2.45, 2.75) is 38.3 Å². The SMILES string of the molecule is C[C@@H](CC(=O)c1ccc(/C(F)=C/C(c2cc(Cl)c(Cl)c(Cl)c2)C(C)(F)F)cc1Cl)C(=O)N(C)CC(F)(F)F. The molecular weight excluding hydrogens is 602 g/mol. The van der Waals surface area contributed by atoms with Gasteiger partial charge in [0.15, 0.2) is 5.78 Å². The van der Waals surface area contributed by atoms with Crippen molar-refractivity contribution in [3.63, 3.8) is 0 Å². The van der Waals surface area contributed by atoms with Crippen molar-refractivity contribution >= 4 is 63.9 Å². The monoisotopic (exact) mass is 621 g/mol. The number of carbonyl (C=O) groups is 2. The molecule has 0 aromatic heterocycles. The Kier molecular flexibility index (Phi) is 10.6. The Morgan fingerprint density at radius 1 is 0.974 bits per heavy atom. The summed E-state index contributed by atoms with van der Waals surface area (Å²) in [5.41, 5.74) is -0.435. The molecule has 0 aliphatic carbocycles. The number of benzene rings is 2. The largest absolute Gasteiger partial charge is 0.406 e. The van der Waals surface area contributed by atoms with Gasteiger partial charge in [0.25, 0.3) is 5.92 Å². The van der Waals surface area contributed by atoms with Crippen molar-refractivity contribution in [3.05, 3.63) is 73.2 Å². The first-order valence-electron chi connectivity index (χ1n) is 10.9. The summed E-state index contributed by atoms with van der Waals surface area (Å²) in [6, 6.07) is 5.59. The number of halogens is 10. The zero-order valence-corrected chi connectivity index (χ0v) is 23.1. The van der Waals surface area contributed by atoms with Crippen LogP contribution >= 0.6 is 46.4 Å². The first kappa shape index (κ1) is 32.3. The first-order valence-corrected chi connectivity index (χ1v) is 12.4. The summed E-state index contributed by atoms with van der Waals surface area (Å²) >= 11 is 23.9. The van der Waals surface area contributed by atoms with Crippen molar-refractivity contribution in [3.8, 4) is 0 Å². The Morgan fingerprint density at radius 2 is 1.53 bits per heavy atom. The predicted octanol–water partition coefficient (Wildman–Crippen LogP) is 9.28. The topological polar surface area (TPSA) is 37.4 Å². The van der Waals surface area contributed by atoms with Crippen LogP contribution < -0.4 is 0 Å². The molecule has 13 heteroatoms. The van der Waals surface area contributed by atoms with E-state index < -0.39 is 54.4 Å². The minimum absolute atomic E-state index is 0.0465. The molecule has 0 bridgehead atoms. The van der Waals surface area contributed by atoms with Gasteiger partial charge in [-0.15, -0.1) is 0 Å². The number of amides is 1. The number of alkyl halides is 5. The van der Waals surface area contributed by atoms with Gasteiger partial charge >= 0.3 is 6.18 Å². The summed E-state index contributed by atoms with van der Waals surface area (Å²) in [6.07, 6.45) is -4.40. The fourth-order valence-electron chi connectivity index (χ4n) is 3.62. The Morgan fingerprint density at radius 3 is 2.00 bits per heavy atom. The average Bonchev–Trinajstić information content (AvgIpc) is 2.77. The van der Waals surface area contributed by atoms with Gasteiger partial charge in [-0.05, 0) is 35.9 Å². The van der Waals surface area contributed by atoms with Crippen molar-refractivity contribution < 1.29 is 35.9 Å². The van der Waals surface area contributed by atoms with E-state index in [0.29, 0.717) is 17.9 Å². The van der Waals surface area contributed by atoms with Gasteiger partial charge in [0, 0.05) is 37.4 Å². The summed E-state index contributed by atoms with van der Waals surface area (Å²) in [7, 11) is 0.965. The molecular formula is C25H21Cl4F6NO2. The lowest BCUT2D eigenvalue weighted by molar-refractivity contribution is -0.160. The van der Waals surface area contributed by atoms with E-state index in [9.17, 15) is 31.5 Å². The van der Waals surface area contributed by atoms with Crippen LogP contribution in [0.25, 0.3) is 5.83 Å². The molecule has 0 heterocycles. The molecule has 0 aliphatic rings. The van der Waals surface area contributed by atoms with Crippen LogP contribution in [0, 0.1) is 5.92 Å². The van der Waals surface area contributed by atoms with E-state index in [0.717, 1.165) is 37.4 Å². The first-order chi connectivity index (χ1) is 17.3. The van der Waals surface area contributed by atoms with E-state index in [2.05, 4.69) is 0 Å². The summed E-state index contributed by atoms with van der Waals surface area (Å²) in [6.45, 7) is 0.400. The second-order valence-corrected chi connectivity index (χ2v) is 10.4. The van der Waals surface area contributed by atoms with Crippen LogP contribution in [0.3, 0.4) is 0 Å². The van der Waals surface area contributed by atoms with Gasteiger partial charge < -0.3 is 4.90 Å². The third-order valence-electron chi connectivity index (χ3n) is 5.48. The lowest BCUT2D eigenvalue weighted by atomic mass is 9.91. The Balaban J connectivity index is 2.29. The highest BCUT2D eigenvalue weighted by Crippen LogP contribution is 2.41. The van der Waals surface area contributed by atoms with Gasteiger partial charge in [0.2, 0.25) is 5.91 Å². The highest BCUT2D eigenvalue weighted by Gasteiger charge is 2.36. The highest BCUT2D eigenvalue weighted by atomic mass is 35.5. The third-order valence-corrected chi connectivity index (χ3v) is 6.99. The Labute approximate surface area is 235 Å². The van der Waals surface area contributed by atoms with Gasteiger partial charge in [-0.3, -0.25) is 9.59 Å². The van der Waals surface area contributed by atoms with E-state index in [1.165, 1.54) is 6.92 Å². The van der Waals surface area contributed by atoms with Gasteiger partial charge in [-0.2, -0.15) is 13.2 Å². The van der Waals surface area contributed by atoms with Crippen LogP contribution in [-0.2, 0) is 4.79 Å². The number of hydrogen-bond donors (Lipinski definition) is 0. The van der Waals surface area contributed by atoms with Gasteiger partial charge in [0.05, 0.1) is 26.0 Å². The maximum atomic E-state index is 15.1. The third kappa shape index (κ3) is 8.53. The summed E-state index contributed by atoms with van der Waals surface area (Å²) in [5, 5.41) is -0.479. The minimum Gasteiger partial charge on any atom is -0.336 e. The summed E-state index contributed by atoms with van der Waals surface area (Å²) in [4.78, 5) is 25.3. The molecule has 2 aromatic carbocycles. The van der Waals surface area contributed by atoms with Crippen molar-refractivity contribution in [2.24, 2.45) is 5.92 Å². The van der Waals surface area contributed by atoms with Gasteiger partial charge in [-0.25, -0.2) is 13.2 Å². The van der Waals surface area contributed by atoms with Crippen LogP contribution in [0.5, 0.6) is 0 Å². The van der Waals surface area contributed by atoms with E-state index in [1.807, 2.05) is 0 Å². The van der Waals surface area contributed by atoms with E-state index in [1.54, 1.807) is 0 Å². The second-order valence-electron chi connectivity index (χ2n) is 8.78. The molecule has 3 nitrogen and oxygen atoms in total. The summed E-state index contributed by atoms with van der Waals surface area (Å²) < 4.78 is 81.5. The lowest BCUT2D eigenvalue weighted by Gasteiger charge is -2.22. The van der Waals surface area contributed by atoms with E-state index in [4.69, 9.17) is 46.4 Å². The molecule has 0 saturated carbocycles. The fourth-order valence-corrected chi connectivity index (χ4v) is 4.52. The number of hydrogen-bond acceptors (Lipinski definition) is 2. The quantitative estimate of drug-likeness (QED) is 0.159. The number of nitrogens with zero attached hydrogens (tertiary/aromatic N) is 1. The number of allylic oxidation sites excluding steroid dienone is 1. The van der Waals surface area contributed by atoms with Crippen LogP contribution in [0.1, 0.15) is 47.7 Å². The summed E-state index contributed by atoms with van der Waals surface area (Å²) in [5.74, 6) is -8.98. The standard InChI is InChI=1S/C25H21Cl4F6NO2/c1-12(23(38)36(3)11-25(33,34)35)6-21(37)15-5-4-13(7-17(15)26)20(30)10-16(24(2,31)32)14-8-18(27)22(29)19(28)9-14/h4-5,7-10,12,16H,6,11H2,1-3H3/b20-10-/t12-,16?/m0/s1. The minimum atomic E-state index is -4.60. The lowest BCUT2D eigenvalue weighted by Crippen LogP contribution is -2.39. The molecule has 0 N–H and O–H groups in total. The fraction of sp³-hybridized carbons (Fsp3) is 0.360. The van der Waals surface area contributed by atoms with Crippen molar-refractivity contribution in [2.75, 3.05) is 13.6 Å². The molecule has 0 spiro atoms. The number of ketones is 1. The van der Waals surface area contributed by atoms with Gasteiger partial charge in [0.1, 0.15) is 12.4 Å². The number of Topliss-reactive ketones (excluding diaryl/α,β-unsaturated/α-hetero) is 1. The zero-order chi connectivity index (χ0) is 29.2.